The molecule has 0 radical (unpaired) electrons. The van der Waals surface area contributed by atoms with Gasteiger partial charge in [0.15, 0.2) is 11.4 Å². The van der Waals surface area contributed by atoms with Crippen LogP contribution in [0.4, 0.5) is 0 Å². The van der Waals surface area contributed by atoms with Crippen LogP contribution < -0.4 is 0 Å². The molecule has 0 aliphatic heterocycles. The summed E-state index contributed by atoms with van der Waals surface area (Å²) in [6.07, 6.45) is 1.81. The number of benzene rings is 5. The van der Waals surface area contributed by atoms with Crippen molar-refractivity contribution < 1.29 is 4.42 Å². The molecule has 0 bridgehead atoms. The fourth-order valence-corrected chi connectivity index (χ4v) is 6.38. The fraction of sp³-hybridized carbons (Fsp3) is 0. The summed E-state index contributed by atoms with van der Waals surface area (Å²) in [7, 11) is 0. The lowest BCUT2D eigenvalue weighted by Gasteiger charge is -2.11. The first-order valence-corrected chi connectivity index (χ1v) is 16.6. The Balaban J connectivity index is 1.11. The monoisotopic (exact) mass is 663 g/mol. The molecule has 0 aliphatic carbocycles. The molecular formula is C43H26ClN5O. The zero-order chi connectivity index (χ0) is 33.4. The van der Waals surface area contributed by atoms with Gasteiger partial charge in [0.2, 0.25) is 11.0 Å². The van der Waals surface area contributed by atoms with Crippen LogP contribution in [0.2, 0.25) is 5.28 Å². The van der Waals surface area contributed by atoms with Gasteiger partial charge in [0, 0.05) is 34.0 Å². The first-order chi connectivity index (χ1) is 24.7. The Morgan fingerprint density at radius 1 is 0.440 bits per heavy atom. The first-order valence-electron chi connectivity index (χ1n) is 16.2. The number of fused-ring (bicyclic) bond motifs is 3. The summed E-state index contributed by atoms with van der Waals surface area (Å²) in [5.41, 5.74) is 11.9. The summed E-state index contributed by atoms with van der Waals surface area (Å²) in [4.78, 5) is 23.8. The van der Waals surface area contributed by atoms with Crippen LogP contribution in [0.25, 0.3) is 89.6 Å². The van der Waals surface area contributed by atoms with E-state index in [1.165, 1.54) is 5.56 Å². The van der Waals surface area contributed by atoms with E-state index < -0.39 is 0 Å². The van der Waals surface area contributed by atoms with Gasteiger partial charge in [0.05, 0.1) is 16.8 Å². The van der Waals surface area contributed by atoms with E-state index in [0.29, 0.717) is 28.3 Å². The lowest BCUT2D eigenvalue weighted by Crippen LogP contribution is -1.96. The molecular weight excluding hydrogens is 638 g/mol. The second-order valence-corrected chi connectivity index (χ2v) is 12.3. The van der Waals surface area contributed by atoms with Gasteiger partial charge in [-0.1, -0.05) is 140 Å². The zero-order valence-electron chi connectivity index (χ0n) is 26.5. The van der Waals surface area contributed by atoms with Crippen LogP contribution in [0.15, 0.2) is 162 Å². The predicted molar refractivity (Wildman–Crippen MR) is 200 cm³/mol. The molecule has 0 unspecified atom stereocenters. The Hall–Kier alpha value is -6.50. The molecule has 4 heterocycles. The third-order valence-corrected chi connectivity index (χ3v) is 8.92. The van der Waals surface area contributed by atoms with Crippen molar-refractivity contribution in [3.05, 3.63) is 163 Å². The summed E-state index contributed by atoms with van der Waals surface area (Å²) in [6.45, 7) is 0. The molecule has 9 aromatic rings. The quantitative estimate of drug-likeness (QED) is 0.165. The Bertz CT molecular complexity index is 2630. The summed E-state index contributed by atoms with van der Waals surface area (Å²) in [5, 5.41) is 0.915. The van der Waals surface area contributed by atoms with Crippen LogP contribution in [0.1, 0.15) is 0 Å². The molecule has 7 heteroatoms. The number of hydrogen-bond donors (Lipinski definition) is 0. The van der Waals surface area contributed by atoms with E-state index in [-0.39, 0.29) is 5.28 Å². The average molecular weight is 664 g/mol. The van der Waals surface area contributed by atoms with Crippen molar-refractivity contribution in [2.24, 2.45) is 0 Å². The number of nitrogens with zero attached hydrogens (tertiary/aromatic N) is 5. The number of rotatable bonds is 6. The van der Waals surface area contributed by atoms with Crippen molar-refractivity contribution in [2.75, 3.05) is 0 Å². The highest BCUT2D eigenvalue weighted by molar-refractivity contribution is 6.29. The zero-order valence-corrected chi connectivity index (χ0v) is 27.3. The third-order valence-electron chi connectivity index (χ3n) is 8.75. The Morgan fingerprint density at radius 2 is 0.940 bits per heavy atom. The highest BCUT2D eigenvalue weighted by Gasteiger charge is 2.19. The van der Waals surface area contributed by atoms with E-state index in [4.69, 9.17) is 26.0 Å². The first kappa shape index (κ1) is 29.6. The van der Waals surface area contributed by atoms with Gasteiger partial charge in [-0.2, -0.15) is 0 Å². The lowest BCUT2D eigenvalue weighted by atomic mass is 10.0. The molecule has 0 amide bonds. The van der Waals surface area contributed by atoms with E-state index in [9.17, 15) is 0 Å². The number of furan rings is 1. The van der Waals surface area contributed by atoms with Crippen molar-refractivity contribution in [3.8, 4) is 67.4 Å². The summed E-state index contributed by atoms with van der Waals surface area (Å²) >= 11 is 6.51. The van der Waals surface area contributed by atoms with Gasteiger partial charge in [0.1, 0.15) is 11.2 Å². The minimum absolute atomic E-state index is 0.135. The minimum atomic E-state index is 0.135. The van der Waals surface area contributed by atoms with E-state index in [1.54, 1.807) is 6.20 Å². The fourth-order valence-electron chi connectivity index (χ4n) is 6.21. The van der Waals surface area contributed by atoms with Crippen molar-refractivity contribution in [3.63, 3.8) is 0 Å². The number of halogens is 1. The maximum absolute atomic E-state index is 6.51. The smallest absolute Gasteiger partial charge is 0.229 e. The van der Waals surface area contributed by atoms with Gasteiger partial charge < -0.3 is 4.42 Å². The summed E-state index contributed by atoms with van der Waals surface area (Å²) in [5.74, 6) is 0.656. The molecule has 4 aromatic heterocycles. The normalized spacial score (nSPS) is 11.3. The molecule has 236 valence electrons. The number of pyridine rings is 1. The van der Waals surface area contributed by atoms with Crippen molar-refractivity contribution in [1.82, 2.24) is 24.9 Å². The molecule has 0 fully saturated rings. The van der Waals surface area contributed by atoms with Crippen LogP contribution in [0, 0.1) is 0 Å². The lowest BCUT2D eigenvalue weighted by molar-refractivity contribution is 0.652. The molecule has 0 atom stereocenters. The van der Waals surface area contributed by atoms with Crippen LogP contribution in [-0.2, 0) is 0 Å². The Labute approximate surface area is 292 Å². The van der Waals surface area contributed by atoms with Gasteiger partial charge in [-0.05, 0) is 40.4 Å². The van der Waals surface area contributed by atoms with Crippen molar-refractivity contribution in [2.45, 2.75) is 0 Å². The molecule has 0 saturated carbocycles. The molecule has 9 rings (SSSR count). The van der Waals surface area contributed by atoms with Gasteiger partial charge in [-0.15, -0.1) is 0 Å². The third kappa shape index (κ3) is 5.57. The minimum Gasteiger partial charge on any atom is -0.434 e. The summed E-state index contributed by atoms with van der Waals surface area (Å²) < 4.78 is 6.25. The average Bonchev–Trinajstić information content (AvgIpc) is 3.56. The Morgan fingerprint density at radius 3 is 1.54 bits per heavy atom. The maximum atomic E-state index is 6.51. The molecule has 5 aromatic carbocycles. The van der Waals surface area contributed by atoms with E-state index in [2.05, 4.69) is 63.5 Å². The highest BCUT2D eigenvalue weighted by atomic mass is 35.5. The highest BCUT2D eigenvalue weighted by Crippen LogP contribution is 2.37. The van der Waals surface area contributed by atoms with Gasteiger partial charge in [-0.25, -0.2) is 24.9 Å². The molecule has 50 heavy (non-hydrogen) atoms. The van der Waals surface area contributed by atoms with E-state index >= 15 is 0 Å². The second kappa shape index (κ2) is 12.5. The van der Waals surface area contributed by atoms with Gasteiger partial charge in [0.25, 0.3) is 0 Å². The van der Waals surface area contributed by atoms with Crippen molar-refractivity contribution >= 4 is 33.8 Å². The standard InChI is InChI=1S/C43H26ClN5O/c44-43-48-38(40-39(49-43)35-24-34(26-45-42(35)50-40)28-12-6-2-7-13-28)32-22-20-31(21-23-32)37-25-36(46-41(47-37)33-14-8-3-9-15-33)30-18-16-29(17-19-30)27-10-4-1-5-11-27/h1-26H. The maximum Gasteiger partial charge on any atom is 0.229 e. The molecule has 0 N–H and O–H groups in total. The van der Waals surface area contributed by atoms with Gasteiger partial charge >= 0.3 is 0 Å². The topological polar surface area (TPSA) is 77.6 Å². The van der Waals surface area contributed by atoms with Gasteiger partial charge in [-0.3, -0.25) is 0 Å². The van der Waals surface area contributed by atoms with E-state index in [0.717, 1.165) is 55.7 Å². The SMILES string of the molecule is Clc1nc(-c2ccc(-c3cc(-c4ccc(-c5ccccc5)cc4)nc(-c4ccccc4)n3)cc2)c2oc3ncc(-c4ccccc4)cc3c2n1. The number of aromatic nitrogens is 5. The second-order valence-electron chi connectivity index (χ2n) is 11.9. The van der Waals surface area contributed by atoms with Crippen LogP contribution in [0.3, 0.4) is 0 Å². The predicted octanol–water partition coefficient (Wildman–Crippen LogP) is 11.2. The van der Waals surface area contributed by atoms with Crippen LogP contribution in [0.5, 0.6) is 0 Å². The largest absolute Gasteiger partial charge is 0.434 e. The molecule has 0 spiro atoms. The van der Waals surface area contributed by atoms with Crippen LogP contribution in [-0.4, -0.2) is 24.9 Å². The van der Waals surface area contributed by atoms with Crippen molar-refractivity contribution in [1.29, 1.82) is 0 Å². The Kier molecular flexibility index (Phi) is 7.41. The number of hydrogen-bond acceptors (Lipinski definition) is 6. The summed E-state index contributed by atoms with van der Waals surface area (Å²) in [6, 6.07) is 51.1. The molecule has 6 nitrogen and oxygen atoms in total. The van der Waals surface area contributed by atoms with E-state index in [1.807, 2.05) is 103 Å². The molecule has 0 aliphatic rings. The van der Waals surface area contributed by atoms with Crippen LogP contribution >= 0.6 is 11.6 Å². The molecule has 0 saturated heterocycles.